The van der Waals surface area contributed by atoms with Crippen LogP contribution in [-0.2, 0) is 16.6 Å². The van der Waals surface area contributed by atoms with Crippen LogP contribution < -0.4 is 5.32 Å². The molecule has 0 atom stereocenters. The molecule has 0 saturated heterocycles. The van der Waals surface area contributed by atoms with E-state index in [1.165, 1.54) is 0 Å². The first-order chi connectivity index (χ1) is 13.1. The van der Waals surface area contributed by atoms with Crippen LogP contribution in [0.3, 0.4) is 0 Å². The Labute approximate surface area is 155 Å². The van der Waals surface area contributed by atoms with E-state index < -0.39 is 0 Å². The number of carbonyl (C=O) groups is 2. The highest BCUT2D eigenvalue weighted by atomic mass is 16.2. The average molecular weight is 352 g/mol. The van der Waals surface area contributed by atoms with Crippen LogP contribution in [0.5, 0.6) is 0 Å². The fourth-order valence-electron chi connectivity index (χ4n) is 3.87. The van der Waals surface area contributed by atoms with E-state index in [4.69, 9.17) is 0 Å². The lowest BCUT2D eigenvalue weighted by Gasteiger charge is -2.06. The molecule has 1 aliphatic heterocycles. The lowest BCUT2D eigenvalue weighted by Crippen LogP contribution is -2.22. The highest BCUT2D eigenvalue weighted by molar-refractivity contribution is 6.50. The topological polar surface area (TPSA) is 51.1 Å². The molecule has 0 aliphatic carbocycles. The van der Waals surface area contributed by atoms with Crippen LogP contribution in [0.15, 0.2) is 72.9 Å². The molecule has 1 aliphatic rings. The fourth-order valence-corrected chi connectivity index (χ4v) is 3.87. The molecule has 0 unspecified atom stereocenters. The molecular formula is C23H16N2O2. The van der Waals surface area contributed by atoms with Gasteiger partial charge in [-0.15, -0.1) is 0 Å². The third-order valence-corrected chi connectivity index (χ3v) is 5.14. The maximum absolute atomic E-state index is 12.7. The Morgan fingerprint density at radius 2 is 1.48 bits per heavy atom. The normalized spacial score (nSPS) is 14.4. The van der Waals surface area contributed by atoms with Crippen LogP contribution in [0.4, 0.5) is 0 Å². The number of hydrogen-bond donors (Lipinski definition) is 1. The van der Waals surface area contributed by atoms with Crippen LogP contribution in [-0.4, -0.2) is 16.4 Å². The van der Waals surface area contributed by atoms with Gasteiger partial charge < -0.3 is 4.57 Å². The van der Waals surface area contributed by atoms with Gasteiger partial charge in [-0.25, -0.2) is 0 Å². The number of carbonyl (C=O) groups excluding carboxylic acids is 2. The first-order valence-corrected chi connectivity index (χ1v) is 8.77. The summed E-state index contributed by atoms with van der Waals surface area (Å²) in [6.45, 7) is 0. The minimum Gasteiger partial charge on any atom is -0.350 e. The number of imide groups is 1. The number of amides is 2. The number of aromatic nitrogens is 1. The molecule has 3 aromatic carbocycles. The quantitative estimate of drug-likeness (QED) is 0.556. The van der Waals surface area contributed by atoms with Crippen molar-refractivity contribution in [2.75, 3.05) is 0 Å². The second-order valence-electron chi connectivity index (χ2n) is 6.77. The Kier molecular flexibility index (Phi) is 3.28. The number of aryl methyl sites for hydroxylation is 1. The van der Waals surface area contributed by atoms with E-state index in [2.05, 4.69) is 5.32 Å². The van der Waals surface area contributed by atoms with Crippen molar-refractivity contribution in [3.63, 3.8) is 0 Å². The SMILES string of the molecule is Cn1cc(C2=C(c3ccc4ccccc4c3)C(=O)NC2=O)c2ccccc21. The minimum absolute atomic E-state index is 0.348. The number of para-hydroxylation sites is 1. The van der Waals surface area contributed by atoms with Crippen molar-refractivity contribution in [2.45, 2.75) is 0 Å². The van der Waals surface area contributed by atoms with Crippen molar-refractivity contribution in [3.8, 4) is 0 Å². The first kappa shape index (κ1) is 15.6. The molecule has 4 nitrogen and oxygen atoms in total. The lowest BCUT2D eigenvalue weighted by atomic mass is 9.94. The molecule has 0 bridgehead atoms. The Morgan fingerprint density at radius 1 is 0.778 bits per heavy atom. The van der Waals surface area contributed by atoms with E-state index in [0.29, 0.717) is 11.1 Å². The minimum atomic E-state index is -0.349. The Hall–Kier alpha value is -3.66. The summed E-state index contributed by atoms with van der Waals surface area (Å²) in [5, 5.41) is 5.56. The molecule has 4 aromatic rings. The van der Waals surface area contributed by atoms with E-state index in [1.807, 2.05) is 84.5 Å². The number of benzene rings is 3. The monoisotopic (exact) mass is 352 g/mol. The molecule has 0 radical (unpaired) electrons. The lowest BCUT2D eigenvalue weighted by molar-refractivity contribution is -0.122. The molecule has 4 heteroatoms. The third kappa shape index (κ3) is 2.30. The van der Waals surface area contributed by atoms with Crippen molar-refractivity contribution < 1.29 is 9.59 Å². The van der Waals surface area contributed by atoms with E-state index in [1.54, 1.807) is 0 Å². The Morgan fingerprint density at radius 3 is 2.33 bits per heavy atom. The molecule has 130 valence electrons. The number of nitrogens with one attached hydrogen (secondary N) is 1. The van der Waals surface area contributed by atoms with Gasteiger partial charge in [-0.05, 0) is 28.5 Å². The van der Waals surface area contributed by atoms with Crippen molar-refractivity contribution in [2.24, 2.45) is 7.05 Å². The van der Waals surface area contributed by atoms with Crippen molar-refractivity contribution >= 4 is 44.6 Å². The summed E-state index contributed by atoms with van der Waals surface area (Å²) in [7, 11) is 1.94. The summed E-state index contributed by atoms with van der Waals surface area (Å²) in [4.78, 5) is 25.3. The van der Waals surface area contributed by atoms with Gasteiger partial charge in [0.2, 0.25) is 0 Å². The van der Waals surface area contributed by atoms with Crippen LogP contribution >= 0.6 is 0 Å². The molecular weight excluding hydrogens is 336 g/mol. The van der Waals surface area contributed by atoms with Crippen molar-refractivity contribution in [3.05, 3.63) is 84.1 Å². The smallest absolute Gasteiger partial charge is 0.259 e. The van der Waals surface area contributed by atoms with Gasteiger partial charge in [0.15, 0.2) is 0 Å². The molecule has 2 amide bonds. The molecule has 1 N–H and O–H groups in total. The summed E-state index contributed by atoms with van der Waals surface area (Å²) in [5.74, 6) is -0.697. The molecule has 0 fully saturated rings. The van der Waals surface area contributed by atoms with E-state index in [-0.39, 0.29) is 11.8 Å². The van der Waals surface area contributed by atoms with Crippen molar-refractivity contribution in [1.82, 2.24) is 9.88 Å². The fraction of sp³-hybridized carbons (Fsp3) is 0.0435. The van der Waals surface area contributed by atoms with Gasteiger partial charge in [0.05, 0.1) is 11.1 Å². The van der Waals surface area contributed by atoms with Crippen LogP contribution in [0.2, 0.25) is 0 Å². The number of rotatable bonds is 2. The second kappa shape index (κ2) is 5.68. The van der Waals surface area contributed by atoms with Crippen LogP contribution in [0.25, 0.3) is 32.8 Å². The van der Waals surface area contributed by atoms with Gasteiger partial charge in [0.1, 0.15) is 0 Å². The van der Waals surface area contributed by atoms with Gasteiger partial charge in [-0.2, -0.15) is 0 Å². The summed E-state index contributed by atoms with van der Waals surface area (Å²) < 4.78 is 1.98. The van der Waals surface area contributed by atoms with E-state index in [0.717, 1.165) is 32.8 Å². The third-order valence-electron chi connectivity index (χ3n) is 5.14. The standard InChI is InChI=1S/C23H16N2O2/c1-25-13-18(17-8-4-5-9-19(17)25)21-20(22(26)24-23(21)27)16-11-10-14-6-2-3-7-15(14)12-16/h2-13H,1H3,(H,24,26,27). The number of nitrogens with zero attached hydrogens (tertiary/aromatic N) is 1. The van der Waals surface area contributed by atoms with Crippen LogP contribution in [0.1, 0.15) is 11.1 Å². The molecule has 0 saturated carbocycles. The molecule has 1 aromatic heterocycles. The number of hydrogen-bond acceptors (Lipinski definition) is 2. The summed E-state index contributed by atoms with van der Waals surface area (Å²) in [6.07, 6.45) is 1.92. The predicted molar refractivity (Wildman–Crippen MR) is 107 cm³/mol. The second-order valence-corrected chi connectivity index (χ2v) is 6.77. The largest absolute Gasteiger partial charge is 0.350 e. The highest BCUT2D eigenvalue weighted by Crippen LogP contribution is 2.36. The van der Waals surface area contributed by atoms with Gasteiger partial charge in [0.25, 0.3) is 11.8 Å². The Balaban J connectivity index is 1.81. The Bertz CT molecular complexity index is 1290. The zero-order chi connectivity index (χ0) is 18.5. The van der Waals surface area contributed by atoms with Gasteiger partial charge in [-0.3, -0.25) is 14.9 Å². The number of fused-ring (bicyclic) bond motifs is 2. The zero-order valence-electron chi connectivity index (χ0n) is 14.7. The summed E-state index contributed by atoms with van der Waals surface area (Å²) in [5.41, 5.74) is 3.42. The molecule has 0 spiro atoms. The molecule has 27 heavy (non-hydrogen) atoms. The maximum Gasteiger partial charge on any atom is 0.259 e. The predicted octanol–water partition coefficient (Wildman–Crippen LogP) is 3.90. The van der Waals surface area contributed by atoms with Gasteiger partial charge in [0, 0.05) is 29.7 Å². The van der Waals surface area contributed by atoms with Crippen LogP contribution in [0, 0.1) is 0 Å². The van der Waals surface area contributed by atoms with Gasteiger partial charge >= 0.3 is 0 Å². The van der Waals surface area contributed by atoms with Crippen molar-refractivity contribution in [1.29, 1.82) is 0 Å². The summed E-state index contributed by atoms with van der Waals surface area (Å²) in [6, 6.07) is 21.7. The molecule has 2 heterocycles. The highest BCUT2D eigenvalue weighted by Gasteiger charge is 2.33. The maximum atomic E-state index is 12.7. The zero-order valence-corrected chi connectivity index (χ0v) is 14.7. The average Bonchev–Trinajstić information content (AvgIpc) is 3.17. The van der Waals surface area contributed by atoms with E-state index in [9.17, 15) is 9.59 Å². The summed E-state index contributed by atoms with van der Waals surface area (Å²) >= 11 is 0. The molecule has 5 rings (SSSR count). The van der Waals surface area contributed by atoms with E-state index >= 15 is 0 Å². The van der Waals surface area contributed by atoms with Gasteiger partial charge in [-0.1, -0.05) is 54.6 Å². The first-order valence-electron chi connectivity index (χ1n) is 8.77.